The van der Waals surface area contributed by atoms with Gasteiger partial charge in [0.25, 0.3) is 0 Å². The van der Waals surface area contributed by atoms with E-state index in [4.69, 9.17) is 4.74 Å². The third-order valence-electron chi connectivity index (χ3n) is 4.19. The van der Waals surface area contributed by atoms with Crippen LogP contribution < -0.4 is 4.74 Å². The van der Waals surface area contributed by atoms with Gasteiger partial charge in [0, 0.05) is 31.5 Å². The first-order valence-electron chi connectivity index (χ1n) is 8.00. The molecule has 118 valence electrons. The van der Waals surface area contributed by atoms with Gasteiger partial charge >= 0.3 is 0 Å². The van der Waals surface area contributed by atoms with E-state index in [1.807, 2.05) is 41.3 Å². The summed E-state index contributed by atoms with van der Waals surface area (Å²) in [6, 6.07) is 18.4. The SMILES string of the molecule is C=CC(=O)N1CCC(Oc2ccccc2-c2ccccc2)CC1. The van der Waals surface area contributed by atoms with Crippen LogP contribution in [0.25, 0.3) is 11.1 Å². The number of amides is 1. The predicted molar refractivity (Wildman–Crippen MR) is 92.3 cm³/mol. The molecule has 0 aromatic heterocycles. The van der Waals surface area contributed by atoms with E-state index >= 15 is 0 Å². The summed E-state index contributed by atoms with van der Waals surface area (Å²) in [6.45, 7) is 5.00. The molecule has 0 radical (unpaired) electrons. The molecule has 23 heavy (non-hydrogen) atoms. The van der Waals surface area contributed by atoms with Gasteiger partial charge in [0.05, 0.1) is 0 Å². The van der Waals surface area contributed by atoms with Crippen molar-refractivity contribution in [2.45, 2.75) is 18.9 Å². The van der Waals surface area contributed by atoms with E-state index < -0.39 is 0 Å². The van der Waals surface area contributed by atoms with E-state index in [2.05, 4.69) is 24.8 Å². The van der Waals surface area contributed by atoms with E-state index in [-0.39, 0.29) is 12.0 Å². The van der Waals surface area contributed by atoms with Crippen molar-refractivity contribution >= 4 is 5.91 Å². The van der Waals surface area contributed by atoms with Crippen LogP contribution in [0.2, 0.25) is 0 Å². The Balaban J connectivity index is 1.70. The number of piperidine rings is 1. The Morgan fingerprint density at radius 3 is 2.39 bits per heavy atom. The van der Waals surface area contributed by atoms with Crippen LogP contribution in [0.3, 0.4) is 0 Å². The lowest BCUT2D eigenvalue weighted by atomic mass is 10.0. The topological polar surface area (TPSA) is 29.5 Å². The molecule has 1 aliphatic heterocycles. The molecule has 0 unspecified atom stereocenters. The molecule has 1 saturated heterocycles. The van der Waals surface area contributed by atoms with Gasteiger partial charge in [-0.25, -0.2) is 0 Å². The summed E-state index contributed by atoms with van der Waals surface area (Å²) in [5.74, 6) is 0.917. The Hall–Kier alpha value is -2.55. The Bertz CT molecular complexity index is 673. The van der Waals surface area contributed by atoms with Crippen LogP contribution in [0.5, 0.6) is 5.75 Å². The summed E-state index contributed by atoms with van der Waals surface area (Å²) >= 11 is 0. The van der Waals surface area contributed by atoms with E-state index in [1.165, 1.54) is 6.08 Å². The number of nitrogens with zero attached hydrogens (tertiary/aromatic N) is 1. The molecule has 1 aliphatic rings. The Morgan fingerprint density at radius 2 is 1.70 bits per heavy atom. The van der Waals surface area contributed by atoms with E-state index in [0.717, 1.165) is 42.8 Å². The lowest BCUT2D eigenvalue weighted by molar-refractivity contribution is -0.127. The molecule has 0 N–H and O–H groups in total. The fourth-order valence-electron chi connectivity index (χ4n) is 2.93. The third-order valence-corrected chi connectivity index (χ3v) is 4.19. The first-order chi connectivity index (χ1) is 11.3. The quantitative estimate of drug-likeness (QED) is 0.802. The molecule has 1 heterocycles. The minimum atomic E-state index is 0.00753. The molecule has 3 rings (SSSR count). The maximum Gasteiger partial charge on any atom is 0.245 e. The zero-order chi connectivity index (χ0) is 16.1. The van der Waals surface area contributed by atoms with Gasteiger partial charge in [-0.15, -0.1) is 0 Å². The number of likely N-dealkylation sites (tertiary alicyclic amines) is 1. The molecule has 0 spiro atoms. The van der Waals surface area contributed by atoms with Crippen LogP contribution in [0.15, 0.2) is 67.3 Å². The second kappa shape index (κ2) is 7.14. The summed E-state index contributed by atoms with van der Waals surface area (Å²) in [5, 5.41) is 0. The predicted octanol–water partition coefficient (Wildman–Crippen LogP) is 3.91. The summed E-state index contributed by atoms with van der Waals surface area (Å²) in [7, 11) is 0. The second-order valence-corrected chi connectivity index (χ2v) is 5.71. The lowest BCUT2D eigenvalue weighted by Crippen LogP contribution is -2.41. The Labute approximate surface area is 137 Å². The Morgan fingerprint density at radius 1 is 1.04 bits per heavy atom. The molecule has 3 heteroatoms. The highest BCUT2D eigenvalue weighted by Gasteiger charge is 2.23. The number of carbonyl (C=O) groups is 1. The van der Waals surface area contributed by atoms with E-state index in [1.54, 1.807) is 0 Å². The lowest BCUT2D eigenvalue weighted by Gasteiger charge is -2.32. The molecule has 2 aromatic carbocycles. The maximum atomic E-state index is 11.6. The van der Waals surface area contributed by atoms with Crippen molar-refractivity contribution in [3.8, 4) is 16.9 Å². The van der Waals surface area contributed by atoms with Gasteiger partial charge in [0.15, 0.2) is 0 Å². The molecule has 1 amide bonds. The van der Waals surface area contributed by atoms with Crippen molar-refractivity contribution in [3.63, 3.8) is 0 Å². The Kier molecular flexibility index (Phi) is 4.77. The van der Waals surface area contributed by atoms with Crippen LogP contribution in [-0.4, -0.2) is 30.0 Å². The average molecular weight is 307 g/mol. The fourth-order valence-corrected chi connectivity index (χ4v) is 2.93. The first-order valence-corrected chi connectivity index (χ1v) is 8.00. The first kappa shape index (κ1) is 15.3. The minimum absolute atomic E-state index is 0.00753. The van der Waals surface area contributed by atoms with Crippen molar-refractivity contribution in [3.05, 3.63) is 67.3 Å². The number of ether oxygens (including phenoxy) is 1. The van der Waals surface area contributed by atoms with Crippen LogP contribution in [0, 0.1) is 0 Å². The molecule has 0 saturated carbocycles. The van der Waals surface area contributed by atoms with Crippen molar-refractivity contribution < 1.29 is 9.53 Å². The van der Waals surface area contributed by atoms with Crippen LogP contribution >= 0.6 is 0 Å². The number of benzene rings is 2. The maximum absolute atomic E-state index is 11.6. The van der Waals surface area contributed by atoms with Gasteiger partial charge in [0.1, 0.15) is 11.9 Å². The highest BCUT2D eigenvalue weighted by Crippen LogP contribution is 2.31. The van der Waals surface area contributed by atoms with Crippen LogP contribution in [-0.2, 0) is 4.79 Å². The fraction of sp³-hybridized carbons (Fsp3) is 0.250. The van der Waals surface area contributed by atoms with Crippen molar-refractivity contribution in [1.82, 2.24) is 4.90 Å². The van der Waals surface area contributed by atoms with Gasteiger partial charge in [-0.05, 0) is 17.7 Å². The van der Waals surface area contributed by atoms with E-state index in [9.17, 15) is 4.79 Å². The third kappa shape index (κ3) is 3.62. The highest BCUT2D eigenvalue weighted by atomic mass is 16.5. The van der Waals surface area contributed by atoms with Gasteiger partial charge in [-0.3, -0.25) is 4.79 Å². The highest BCUT2D eigenvalue weighted by molar-refractivity contribution is 5.87. The molecule has 0 bridgehead atoms. The number of hydrogen-bond acceptors (Lipinski definition) is 2. The molecule has 0 atom stereocenters. The number of rotatable bonds is 4. The van der Waals surface area contributed by atoms with Gasteiger partial charge in [0.2, 0.25) is 5.91 Å². The van der Waals surface area contributed by atoms with Crippen molar-refractivity contribution in [2.75, 3.05) is 13.1 Å². The summed E-state index contributed by atoms with van der Waals surface area (Å²) in [6.07, 6.45) is 3.23. The zero-order valence-electron chi connectivity index (χ0n) is 13.2. The van der Waals surface area contributed by atoms with Gasteiger partial charge < -0.3 is 9.64 Å². The smallest absolute Gasteiger partial charge is 0.245 e. The van der Waals surface area contributed by atoms with Crippen molar-refractivity contribution in [2.24, 2.45) is 0 Å². The molecular weight excluding hydrogens is 286 g/mol. The van der Waals surface area contributed by atoms with Gasteiger partial charge in [-0.2, -0.15) is 0 Å². The van der Waals surface area contributed by atoms with Crippen LogP contribution in [0.4, 0.5) is 0 Å². The minimum Gasteiger partial charge on any atom is -0.490 e. The van der Waals surface area contributed by atoms with Crippen molar-refractivity contribution in [1.29, 1.82) is 0 Å². The summed E-state index contributed by atoms with van der Waals surface area (Å²) < 4.78 is 6.24. The summed E-state index contributed by atoms with van der Waals surface area (Å²) in [4.78, 5) is 13.5. The molecule has 2 aromatic rings. The normalized spacial score (nSPS) is 15.2. The largest absolute Gasteiger partial charge is 0.490 e. The molecular formula is C20H21NO2. The number of hydrogen-bond donors (Lipinski definition) is 0. The average Bonchev–Trinajstić information content (AvgIpc) is 2.63. The summed E-state index contributed by atoms with van der Waals surface area (Å²) in [5.41, 5.74) is 2.26. The van der Waals surface area contributed by atoms with E-state index in [0.29, 0.717) is 0 Å². The number of carbonyl (C=O) groups excluding carboxylic acids is 1. The molecule has 0 aliphatic carbocycles. The van der Waals surface area contributed by atoms with Crippen LogP contribution in [0.1, 0.15) is 12.8 Å². The zero-order valence-corrected chi connectivity index (χ0v) is 13.2. The molecule has 1 fully saturated rings. The molecule has 3 nitrogen and oxygen atoms in total. The monoisotopic (exact) mass is 307 g/mol. The second-order valence-electron chi connectivity index (χ2n) is 5.71. The van der Waals surface area contributed by atoms with Gasteiger partial charge in [-0.1, -0.05) is 55.1 Å². The number of para-hydroxylation sites is 1. The standard InChI is InChI=1S/C20H21NO2/c1-2-20(22)21-14-12-17(13-15-21)23-19-11-7-6-10-18(19)16-8-4-3-5-9-16/h2-11,17H,1,12-15H2.